The summed E-state index contributed by atoms with van der Waals surface area (Å²) in [5, 5.41) is 11.0. The standard InChI is InChI=1S/C23H18N4O3S/c1-30-20-5-3-2-4-15(20)21-16-11-14(24)7-9-19(16)27(22(21)23(28)29)12-13-6-8-17-18(10-13)26-31-25-17/h2-11H,12,24H2,1H3,(H,28,29). The van der Waals surface area contributed by atoms with Gasteiger partial charge in [-0.05, 0) is 42.0 Å². The first-order valence-electron chi connectivity index (χ1n) is 9.56. The Morgan fingerprint density at radius 3 is 2.71 bits per heavy atom. The zero-order valence-corrected chi connectivity index (χ0v) is 17.4. The molecule has 2 heterocycles. The van der Waals surface area contributed by atoms with Crippen LogP contribution >= 0.6 is 11.7 Å². The number of rotatable bonds is 5. The summed E-state index contributed by atoms with van der Waals surface area (Å²) in [6.45, 7) is 0.366. The van der Waals surface area contributed by atoms with Gasteiger partial charge in [0.25, 0.3) is 0 Å². The number of ether oxygens (including phenoxy) is 1. The maximum Gasteiger partial charge on any atom is 0.353 e. The van der Waals surface area contributed by atoms with Gasteiger partial charge in [-0.2, -0.15) is 8.75 Å². The third-order valence-electron chi connectivity index (χ3n) is 5.33. The Balaban J connectivity index is 1.80. The lowest BCUT2D eigenvalue weighted by Gasteiger charge is -2.11. The molecule has 3 N–H and O–H groups in total. The summed E-state index contributed by atoms with van der Waals surface area (Å²) in [7, 11) is 1.57. The van der Waals surface area contributed by atoms with E-state index in [2.05, 4.69) is 8.75 Å². The monoisotopic (exact) mass is 430 g/mol. The summed E-state index contributed by atoms with van der Waals surface area (Å²) < 4.78 is 15.9. The highest BCUT2D eigenvalue weighted by molar-refractivity contribution is 7.00. The second kappa shape index (κ2) is 7.41. The molecule has 5 aromatic rings. The Morgan fingerprint density at radius 2 is 1.90 bits per heavy atom. The highest BCUT2D eigenvalue weighted by atomic mass is 32.1. The average Bonchev–Trinajstić information content (AvgIpc) is 3.35. The number of carbonyl (C=O) groups is 1. The van der Waals surface area contributed by atoms with E-state index in [0.717, 1.165) is 39.2 Å². The van der Waals surface area contributed by atoms with Gasteiger partial charge in [-0.15, -0.1) is 0 Å². The summed E-state index contributed by atoms with van der Waals surface area (Å²) in [5.74, 6) is -0.423. The van der Waals surface area contributed by atoms with E-state index in [4.69, 9.17) is 10.5 Å². The number of hydrogen-bond donors (Lipinski definition) is 2. The predicted octanol–water partition coefficient (Wildman–Crippen LogP) is 4.65. The molecule has 31 heavy (non-hydrogen) atoms. The fourth-order valence-electron chi connectivity index (χ4n) is 3.99. The Kier molecular flexibility index (Phi) is 4.56. The normalized spacial score (nSPS) is 11.3. The van der Waals surface area contributed by atoms with Crippen LogP contribution in [0.15, 0.2) is 60.7 Å². The van der Waals surface area contributed by atoms with E-state index in [-0.39, 0.29) is 5.69 Å². The van der Waals surface area contributed by atoms with Gasteiger partial charge in [0, 0.05) is 34.3 Å². The van der Waals surface area contributed by atoms with Crippen molar-refractivity contribution in [1.29, 1.82) is 0 Å². The number of nitrogens with zero attached hydrogens (tertiary/aromatic N) is 3. The second-order valence-corrected chi connectivity index (χ2v) is 7.71. The number of nitrogens with two attached hydrogens (primary N) is 1. The maximum absolute atomic E-state index is 12.5. The summed E-state index contributed by atoms with van der Waals surface area (Å²) >= 11 is 1.16. The quantitative estimate of drug-likeness (QED) is 0.394. The number of carboxylic acid groups (broad SMARTS) is 1. The van der Waals surface area contributed by atoms with Crippen LogP contribution in [0, 0.1) is 0 Å². The predicted molar refractivity (Wildman–Crippen MR) is 122 cm³/mol. The van der Waals surface area contributed by atoms with E-state index >= 15 is 0 Å². The van der Waals surface area contributed by atoms with Crippen molar-refractivity contribution >= 4 is 45.3 Å². The molecule has 0 aliphatic heterocycles. The summed E-state index contributed by atoms with van der Waals surface area (Å²) in [6.07, 6.45) is 0. The number of aromatic carboxylic acids is 1. The fraction of sp³-hybridized carbons (Fsp3) is 0.0870. The van der Waals surface area contributed by atoms with Crippen molar-refractivity contribution in [3.8, 4) is 16.9 Å². The molecule has 3 aromatic carbocycles. The number of benzene rings is 3. The molecular formula is C23H18N4O3S. The number of aromatic nitrogens is 3. The smallest absolute Gasteiger partial charge is 0.353 e. The summed E-state index contributed by atoms with van der Waals surface area (Å²) in [6, 6.07) is 18.6. The van der Waals surface area contributed by atoms with Crippen LogP contribution in [0.5, 0.6) is 5.75 Å². The molecule has 0 unspecified atom stereocenters. The lowest BCUT2D eigenvalue weighted by Crippen LogP contribution is -2.10. The van der Waals surface area contributed by atoms with Crippen molar-refractivity contribution in [3.05, 3.63) is 71.9 Å². The van der Waals surface area contributed by atoms with Crippen LogP contribution in [0.25, 0.3) is 33.1 Å². The van der Waals surface area contributed by atoms with Crippen LogP contribution in [0.1, 0.15) is 16.1 Å². The van der Waals surface area contributed by atoms with Gasteiger partial charge in [-0.25, -0.2) is 4.79 Å². The number of hydrogen-bond acceptors (Lipinski definition) is 6. The third-order valence-corrected chi connectivity index (χ3v) is 5.88. The zero-order chi connectivity index (χ0) is 21.5. The minimum Gasteiger partial charge on any atom is -0.496 e. The van der Waals surface area contributed by atoms with Crippen molar-refractivity contribution < 1.29 is 14.6 Å². The van der Waals surface area contributed by atoms with Gasteiger partial charge in [0.2, 0.25) is 0 Å². The summed E-state index contributed by atoms with van der Waals surface area (Å²) in [4.78, 5) is 12.5. The van der Waals surface area contributed by atoms with E-state index in [1.807, 2.05) is 54.6 Å². The molecule has 0 saturated heterocycles. The lowest BCUT2D eigenvalue weighted by atomic mass is 10.0. The van der Waals surface area contributed by atoms with Crippen LogP contribution in [-0.4, -0.2) is 31.5 Å². The lowest BCUT2D eigenvalue weighted by molar-refractivity contribution is 0.0687. The van der Waals surface area contributed by atoms with Gasteiger partial charge < -0.3 is 20.1 Å². The number of anilines is 1. The molecule has 0 amide bonds. The highest BCUT2D eigenvalue weighted by Crippen LogP contribution is 2.40. The molecule has 2 aromatic heterocycles. The fourth-order valence-corrected chi connectivity index (χ4v) is 4.51. The molecule has 0 fully saturated rings. The van der Waals surface area contributed by atoms with Crippen LogP contribution in [0.4, 0.5) is 5.69 Å². The van der Waals surface area contributed by atoms with E-state index in [1.165, 1.54) is 0 Å². The SMILES string of the molecule is COc1ccccc1-c1c(C(=O)O)n(Cc2ccc3nsnc3c2)c2ccc(N)cc12. The van der Waals surface area contributed by atoms with Gasteiger partial charge >= 0.3 is 5.97 Å². The highest BCUT2D eigenvalue weighted by Gasteiger charge is 2.25. The van der Waals surface area contributed by atoms with E-state index in [9.17, 15) is 9.90 Å². The molecule has 5 rings (SSSR count). The van der Waals surface area contributed by atoms with Crippen LogP contribution in [-0.2, 0) is 6.54 Å². The number of carboxylic acids is 1. The second-order valence-electron chi connectivity index (χ2n) is 7.18. The van der Waals surface area contributed by atoms with Crippen molar-refractivity contribution in [2.24, 2.45) is 0 Å². The van der Waals surface area contributed by atoms with Crippen LogP contribution in [0.3, 0.4) is 0 Å². The molecule has 0 spiro atoms. The number of nitrogen functional groups attached to an aromatic ring is 1. The average molecular weight is 430 g/mol. The Hall–Kier alpha value is -3.91. The molecular weight excluding hydrogens is 412 g/mol. The van der Waals surface area contributed by atoms with Crippen molar-refractivity contribution in [1.82, 2.24) is 13.3 Å². The molecule has 0 saturated carbocycles. The first-order valence-corrected chi connectivity index (χ1v) is 10.3. The van der Waals surface area contributed by atoms with E-state index in [0.29, 0.717) is 29.1 Å². The van der Waals surface area contributed by atoms with Crippen LogP contribution in [0.2, 0.25) is 0 Å². The van der Waals surface area contributed by atoms with Gasteiger partial charge in [0.05, 0.1) is 18.8 Å². The molecule has 7 nitrogen and oxygen atoms in total. The summed E-state index contributed by atoms with van der Waals surface area (Å²) in [5.41, 5.74) is 11.5. The third kappa shape index (κ3) is 3.17. The maximum atomic E-state index is 12.5. The molecule has 8 heteroatoms. The molecule has 0 aliphatic rings. The Morgan fingerprint density at radius 1 is 1.10 bits per heavy atom. The molecule has 154 valence electrons. The van der Waals surface area contributed by atoms with Crippen molar-refractivity contribution in [3.63, 3.8) is 0 Å². The number of methoxy groups -OCH3 is 1. The van der Waals surface area contributed by atoms with Crippen LogP contribution < -0.4 is 10.5 Å². The van der Waals surface area contributed by atoms with E-state index < -0.39 is 5.97 Å². The Bertz CT molecular complexity index is 1450. The van der Waals surface area contributed by atoms with Gasteiger partial charge in [-0.3, -0.25) is 0 Å². The van der Waals surface area contributed by atoms with Gasteiger partial charge in [0.15, 0.2) is 0 Å². The first-order chi connectivity index (χ1) is 15.1. The molecule has 0 atom stereocenters. The zero-order valence-electron chi connectivity index (χ0n) is 16.6. The van der Waals surface area contributed by atoms with Gasteiger partial charge in [-0.1, -0.05) is 24.3 Å². The number of fused-ring (bicyclic) bond motifs is 2. The number of para-hydroxylation sites is 1. The van der Waals surface area contributed by atoms with Gasteiger partial charge in [0.1, 0.15) is 22.5 Å². The minimum absolute atomic E-state index is 0.182. The minimum atomic E-state index is -1.02. The molecule has 0 radical (unpaired) electrons. The van der Waals surface area contributed by atoms with Crippen molar-refractivity contribution in [2.75, 3.05) is 12.8 Å². The Labute approximate surface area is 181 Å². The topological polar surface area (TPSA) is 103 Å². The molecule has 0 aliphatic carbocycles. The van der Waals surface area contributed by atoms with E-state index in [1.54, 1.807) is 17.7 Å². The van der Waals surface area contributed by atoms with Crippen molar-refractivity contribution in [2.45, 2.75) is 6.54 Å². The first kappa shape index (κ1) is 19.1. The largest absolute Gasteiger partial charge is 0.496 e. The molecule has 0 bridgehead atoms.